The van der Waals surface area contributed by atoms with Gasteiger partial charge in [0, 0.05) is 10.9 Å². The Labute approximate surface area is 120 Å². The molecule has 3 rings (SSSR count). The van der Waals surface area contributed by atoms with Gasteiger partial charge in [-0.2, -0.15) is 5.10 Å². The molecule has 0 bridgehead atoms. The molecule has 0 aliphatic heterocycles. The predicted octanol–water partition coefficient (Wildman–Crippen LogP) is 4.43. The number of nitrogens with zero attached hydrogens (tertiary/aromatic N) is 2. The molecule has 0 atom stereocenters. The first-order valence-corrected chi connectivity index (χ1v) is 7.26. The Hall–Kier alpha value is -1.87. The fraction of sp³-hybridized carbons (Fsp3) is 0.0625. The fourth-order valence-corrected chi connectivity index (χ4v) is 2.46. The van der Waals surface area contributed by atoms with Gasteiger partial charge in [-0.05, 0) is 18.2 Å². The molecular formula is C16H13BrN2. The smallest absolute Gasteiger partial charge is 0.0930 e. The first kappa shape index (κ1) is 12.2. The number of hydrogen-bond acceptors (Lipinski definition) is 1. The van der Waals surface area contributed by atoms with Crippen LogP contribution >= 0.6 is 15.9 Å². The van der Waals surface area contributed by atoms with Crippen molar-refractivity contribution >= 4 is 15.9 Å². The van der Waals surface area contributed by atoms with Crippen LogP contribution in [0.25, 0.3) is 16.9 Å². The molecule has 0 saturated heterocycles. The Morgan fingerprint density at radius 3 is 2.16 bits per heavy atom. The number of para-hydroxylation sites is 1. The van der Waals surface area contributed by atoms with Crippen molar-refractivity contribution in [2.75, 3.05) is 0 Å². The van der Waals surface area contributed by atoms with Crippen LogP contribution in [-0.2, 0) is 5.33 Å². The van der Waals surface area contributed by atoms with Crippen molar-refractivity contribution in [2.24, 2.45) is 0 Å². The second-order valence-electron chi connectivity index (χ2n) is 4.27. The summed E-state index contributed by atoms with van der Waals surface area (Å²) < 4.78 is 1.98. The maximum atomic E-state index is 4.71. The van der Waals surface area contributed by atoms with Crippen molar-refractivity contribution in [2.45, 2.75) is 5.33 Å². The molecule has 0 radical (unpaired) electrons. The number of rotatable bonds is 3. The monoisotopic (exact) mass is 312 g/mol. The standard InChI is InChI=1S/C16H13BrN2/c17-12-15-11-16(13-7-3-1-4-8-13)18-19(15)14-9-5-2-6-10-14/h1-11H,12H2. The van der Waals surface area contributed by atoms with Gasteiger partial charge in [0.15, 0.2) is 0 Å². The molecule has 0 amide bonds. The molecule has 0 saturated carbocycles. The van der Waals surface area contributed by atoms with E-state index in [1.807, 2.05) is 41.1 Å². The molecule has 0 spiro atoms. The van der Waals surface area contributed by atoms with Crippen LogP contribution in [0.4, 0.5) is 0 Å². The average molecular weight is 313 g/mol. The van der Waals surface area contributed by atoms with Crippen molar-refractivity contribution in [3.05, 3.63) is 72.4 Å². The third-order valence-electron chi connectivity index (χ3n) is 2.99. The summed E-state index contributed by atoms with van der Waals surface area (Å²) in [5.41, 5.74) is 4.36. The van der Waals surface area contributed by atoms with E-state index in [1.54, 1.807) is 0 Å². The van der Waals surface area contributed by atoms with Crippen molar-refractivity contribution in [3.63, 3.8) is 0 Å². The van der Waals surface area contributed by atoms with E-state index in [0.717, 1.165) is 28.0 Å². The highest BCUT2D eigenvalue weighted by Crippen LogP contribution is 2.22. The average Bonchev–Trinajstić information content (AvgIpc) is 2.93. The van der Waals surface area contributed by atoms with E-state index in [9.17, 15) is 0 Å². The lowest BCUT2D eigenvalue weighted by molar-refractivity contribution is 0.846. The number of benzene rings is 2. The Bertz CT molecular complexity index is 660. The summed E-state index contributed by atoms with van der Waals surface area (Å²) in [5, 5.41) is 5.49. The summed E-state index contributed by atoms with van der Waals surface area (Å²) in [6, 6.07) is 22.6. The highest BCUT2D eigenvalue weighted by molar-refractivity contribution is 9.08. The predicted molar refractivity (Wildman–Crippen MR) is 81.6 cm³/mol. The molecule has 94 valence electrons. The maximum absolute atomic E-state index is 4.71. The topological polar surface area (TPSA) is 17.8 Å². The third kappa shape index (κ3) is 2.47. The molecule has 2 aromatic carbocycles. The Balaban J connectivity index is 2.09. The van der Waals surface area contributed by atoms with E-state index in [2.05, 4.69) is 46.3 Å². The molecule has 1 aromatic heterocycles. The summed E-state index contributed by atoms with van der Waals surface area (Å²) in [6.45, 7) is 0. The van der Waals surface area contributed by atoms with Crippen LogP contribution < -0.4 is 0 Å². The molecule has 0 aliphatic carbocycles. The van der Waals surface area contributed by atoms with Gasteiger partial charge in [0.1, 0.15) is 0 Å². The van der Waals surface area contributed by atoms with Gasteiger partial charge in [-0.15, -0.1) is 0 Å². The molecule has 1 heterocycles. The van der Waals surface area contributed by atoms with E-state index < -0.39 is 0 Å². The van der Waals surface area contributed by atoms with Gasteiger partial charge in [-0.25, -0.2) is 4.68 Å². The first-order chi connectivity index (χ1) is 9.38. The largest absolute Gasteiger partial charge is 0.236 e. The Morgan fingerprint density at radius 1 is 0.895 bits per heavy atom. The summed E-state index contributed by atoms with van der Waals surface area (Å²) in [6.07, 6.45) is 0. The van der Waals surface area contributed by atoms with Crippen molar-refractivity contribution in [1.29, 1.82) is 0 Å². The van der Waals surface area contributed by atoms with Crippen LogP contribution in [0.1, 0.15) is 5.69 Å². The first-order valence-electron chi connectivity index (χ1n) is 6.14. The lowest BCUT2D eigenvalue weighted by Gasteiger charge is -2.04. The highest BCUT2D eigenvalue weighted by atomic mass is 79.9. The minimum atomic E-state index is 0.779. The maximum Gasteiger partial charge on any atom is 0.0930 e. The van der Waals surface area contributed by atoms with Crippen molar-refractivity contribution in [1.82, 2.24) is 9.78 Å². The zero-order valence-corrected chi connectivity index (χ0v) is 11.9. The number of alkyl halides is 1. The van der Waals surface area contributed by atoms with Gasteiger partial charge in [-0.3, -0.25) is 0 Å². The lowest BCUT2D eigenvalue weighted by atomic mass is 10.1. The summed E-state index contributed by atoms with van der Waals surface area (Å²) in [7, 11) is 0. The molecule has 0 unspecified atom stereocenters. The lowest BCUT2D eigenvalue weighted by Crippen LogP contribution is -1.99. The van der Waals surface area contributed by atoms with E-state index in [4.69, 9.17) is 5.10 Å². The SMILES string of the molecule is BrCc1cc(-c2ccccc2)nn1-c1ccccc1. The summed E-state index contributed by atoms with van der Waals surface area (Å²) in [4.78, 5) is 0. The minimum Gasteiger partial charge on any atom is -0.236 e. The molecular weight excluding hydrogens is 300 g/mol. The molecule has 0 N–H and O–H groups in total. The second-order valence-corrected chi connectivity index (χ2v) is 4.83. The van der Waals surface area contributed by atoms with Crippen LogP contribution in [0.2, 0.25) is 0 Å². The summed E-state index contributed by atoms with van der Waals surface area (Å²) in [5.74, 6) is 0. The number of hydrogen-bond donors (Lipinski definition) is 0. The van der Waals surface area contributed by atoms with E-state index >= 15 is 0 Å². The van der Waals surface area contributed by atoms with E-state index in [0.29, 0.717) is 0 Å². The van der Waals surface area contributed by atoms with Gasteiger partial charge in [0.25, 0.3) is 0 Å². The van der Waals surface area contributed by atoms with Gasteiger partial charge in [0.05, 0.1) is 17.1 Å². The summed E-state index contributed by atoms with van der Waals surface area (Å²) >= 11 is 3.53. The third-order valence-corrected chi connectivity index (χ3v) is 3.56. The van der Waals surface area contributed by atoms with Crippen LogP contribution in [0, 0.1) is 0 Å². The number of halogens is 1. The second kappa shape index (κ2) is 5.41. The molecule has 0 aliphatic rings. The molecule has 2 nitrogen and oxygen atoms in total. The van der Waals surface area contributed by atoms with E-state index in [1.165, 1.54) is 0 Å². The van der Waals surface area contributed by atoms with Gasteiger partial charge in [-0.1, -0.05) is 64.5 Å². The van der Waals surface area contributed by atoms with Crippen LogP contribution in [0.15, 0.2) is 66.7 Å². The van der Waals surface area contributed by atoms with Crippen LogP contribution in [-0.4, -0.2) is 9.78 Å². The highest BCUT2D eigenvalue weighted by Gasteiger charge is 2.09. The molecule has 0 fully saturated rings. The number of aromatic nitrogens is 2. The Morgan fingerprint density at radius 2 is 1.53 bits per heavy atom. The molecule has 3 heteroatoms. The van der Waals surface area contributed by atoms with E-state index in [-0.39, 0.29) is 0 Å². The van der Waals surface area contributed by atoms with Gasteiger partial charge in [0.2, 0.25) is 0 Å². The zero-order valence-electron chi connectivity index (χ0n) is 10.3. The Kier molecular flexibility index (Phi) is 3.47. The van der Waals surface area contributed by atoms with Gasteiger partial charge < -0.3 is 0 Å². The normalized spacial score (nSPS) is 10.6. The van der Waals surface area contributed by atoms with Crippen LogP contribution in [0.3, 0.4) is 0 Å². The molecule has 19 heavy (non-hydrogen) atoms. The molecule has 3 aromatic rings. The minimum absolute atomic E-state index is 0.779. The van der Waals surface area contributed by atoms with Crippen LogP contribution in [0.5, 0.6) is 0 Å². The quantitative estimate of drug-likeness (QED) is 0.654. The van der Waals surface area contributed by atoms with Gasteiger partial charge >= 0.3 is 0 Å². The van der Waals surface area contributed by atoms with Crippen molar-refractivity contribution in [3.8, 4) is 16.9 Å². The zero-order chi connectivity index (χ0) is 13.1. The fourth-order valence-electron chi connectivity index (χ4n) is 2.06. The van der Waals surface area contributed by atoms with Crippen molar-refractivity contribution < 1.29 is 0 Å².